The van der Waals surface area contributed by atoms with Crippen LogP contribution in [0.25, 0.3) is 10.9 Å². The van der Waals surface area contributed by atoms with Gasteiger partial charge in [-0.1, -0.05) is 18.2 Å². The molecule has 18 heavy (non-hydrogen) atoms. The number of hydrogen-bond donors (Lipinski definition) is 4. The second-order valence-corrected chi connectivity index (χ2v) is 4.57. The minimum atomic E-state index is -1.06. The van der Waals surface area contributed by atoms with Crippen molar-refractivity contribution >= 4 is 10.9 Å². The number of aromatic amines is 1. The van der Waals surface area contributed by atoms with Gasteiger partial charge in [-0.2, -0.15) is 0 Å². The molecular weight excluding hydrogens is 234 g/mol. The van der Waals surface area contributed by atoms with Crippen molar-refractivity contribution in [1.82, 2.24) is 4.98 Å². The van der Waals surface area contributed by atoms with Gasteiger partial charge in [0, 0.05) is 11.2 Å². The van der Waals surface area contributed by atoms with E-state index in [9.17, 15) is 10.2 Å². The summed E-state index contributed by atoms with van der Waals surface area (Å²) in [7, 11) is 0. The predicted octanol–water partition coefficient (Wildman–Crippen LogP) is 0.322. The number of para-hydroxylation sites is 1. The summed E-state index contributed by atoms with van der Waals surface area (Å²) in [5.41, 5.74) is 1.66. The predicted molar refractivity (Wildman–Crippen MR) is 65.0 cm³/mol. The first kappa shape index (κ1) is 11.7. The molecule has 5 nitrogen and oxygen atoms in total. The minimum Gasteiger partial charge on any atom is -0.394 e. The first-order valence-corrected chi connectivity index (χ1v) is 5.91. The van der Waals surface area contributed by atoms with Crippen molar-refractivity contribution in [3.8, 4) is 0 Å². The summed E-state index contributed by atoms with van der Waals surface area (Å²) >= 11 is 0. The van der Waals surface area contributed by atoms with Crippen LogP contribution in [0.1, 0.15) is 11.8 Å². The first-order chi connectivity index (χ1) is 8.70. The molecule has 1 aromatic carbocycles. The normalized spacial score (nSPS) is 32.2. The number of nitrogens with one attached hydrogen (secondary N) is 1. The van der Waals surface area contributed by atoms with Crippen LogP contribution in [-0.2, 0) is 4.74 Å². The Morgan fingerprint density at radius 2 is 1.94 bits per heavy atom. The number of H-pyrrole nitrogens is 1. The van der Waals surface area contributed by atoms with Crippen LogP contribution in [0.3, 0.4) is 0 Å². The second kappa shape index (κ2) is 4.37. The average Bonchev–Trinajstić information content (AvgIpc) is 2.92. The smallest absolute Gasteiger partial charge is 0.126 e. The highest BCUT2D eigenvalue weighted by Crippen LogP contribution is 2.34. The van der Waals surface area contributed by atoms with E-state index in [1.807, 2.05) is 30.3 Å². The number of hydrogen-bond acceptors (Lipinski definition) is 4. The maximum absolute atomic E-state index is 9.93. The zero-order valence-electron chi connectivity index (χ0n) is 9.65. The molecule has 1 aliphatic heterocycles. The van der Waals surface area contributed by atoms with E-state index in [1.54, 1.807) is 0 Å². The van der Waals surface area contributed by atoms with Gasteiger partial charge in [-0.3, -0.25) is 0 Å². The van der Waals surface area contributed by atoms with E-state index < -0.39 is 24.4 Å². The Morgan fingerprint density at radius 3 is 2.61 bits per heavy atom. The number of aliphatic hydroxyl groups excluding tert-OH is 3. The summed E-state index contributed by atoms with van der Waals surface area (Å²) in [4.78, 5) is 3.16. The minimum absolute atomic E-state index is 0.311. The zero-order chi connectivity index (χ0) is 12.7. The largest absolute Gasteiger partial charge is 0.394 e. The van der Waals surface area contributed by atoms with Crippen molar-refractivity contribution in [3.63, 3.8) is 0 Å². The molecule has 0 spiro atoms. The van der Waals surface area contributed by atoms with Gasteiger partial charge in [-0.15, -0.1) is 0 Å². The topological polar surface area (TPSA) is 85.7 Å². The molecule has 1 aliphatic rings. The van der Waals surface area contributed by atoms with Crippen LogP contribution in [0.5, 0.6) is 0 Å². The Balaban J connectivity index is 1.95. The fourth-order valence-electron chi connectivity index (χ4n) is 2.41. The zero-order valence-corrected chi connectivity index (χ0v) is 9.65. The van der Waals surface area contributed by atoms with E-state index in [2.05, 4.69) is 4.98 Å². The highest BCUT2D eigenvalue weighted by molar-refractivity contribution is 5.80. The molecule has 2 heterocycles. The van der Waals surface area contributed by atoms with Crippen LogP contribution >= 0.6 is 0 Å². The molecule has 4 N–H and O–H groups in total. The summed E-state index contributed by atoms with van der Waals surface area (Å²) in [6.07, 6.45) is -3.47. The maximum Gasteiger partial charge on any atom is 0.126 e. The van der Waals surface area contributed by atoms with Gasteiger partial charge in [0.2, 0.25) is 0 Å². The number of rotatable bonds is 2. The van der Waals surface area contributed by atoms with Crippen molar-refractivity contribution in [2.45, 2.75) is 24.4 Å². The molecule has 1 aromatic heterocycles. The molecule has 2 aromatic rings. The fourth-order valence-corrected chi connectivity index (χ4v) is 2.41. The van der Waals surface area contributed by atoms with Crippen LogP contribution < -0.4 is 0 Å². The van der Waals surface area contributed by atoms with E-state index in [-0.39, 0.29) is 6.61 Å². The lowest BCUT2D eigenvalue weighted by Crippen LogP contribution is -2.32. The molecule has 1 unspecified atom stereocenters. The lowest BCUT2D eigenvalue weighted by atomic mass is 10.1. The number of fused-ring (bicyclic) bond motifs is 1. The van der Waals surface area contributed by atoms with Crippen molar-refractivity contribution < 1.29 is 20.1 Å². The Labute approximate surface area is 104 Å². The Morgan fingerprint density at radius 1 is 1.17 bits per heavy atom. The highest BCUT2D eigenvalue weighted by Gasteiger charge is 2.43. The standard InChI is InChI=1S/C13H15NO4/c15-6-10-11(16)12(17)13(18-10)9-5-7-3-1-2-4-8(7)14-9/h1-5,10-17H,6H2/t10-,11-,12-,13?/m1/s1. The van der Waals surface area contributed by atoms with Crippen molar-refractivity contribution in [1.29, 1.82) is 0 Å². The van der Waals surface area contributed by atoms with E-state index in [0.717, 1.165) is 10.9 Å². The molecule has 0 amide bonds. The van der Waals surface area contributed by atoms with Gasteiger partial charge in [-0.25, -0.2) is 0 Å². The van der Waals surface area contributed by atoms with Crippen LogP contribution in [0.4, 0.5) is 0 Å². The fraction of sp³-hybridized carbons (Fsp3) is 0.385. The number of aromatic nitrogens is 1. The summed E-state index contributed by atoms with van der Waals surface area (Å²) in [6.45, 7) is -0.311. The third-order valence-corrected chi connectivity index (χ3v) is 3.40. The lowest BCUT2D eigenvalue weighted by molar-refractivity contribution is -0.0237. The maximum atomic E-state index is 9.93. The van der Waals surface area contributed by atoms with E-state index >= 15 is 0 Å². The van der Waals surface area contributed by atoms with E-state index in [4.69, 9.17) is 9.84 Å². The van der Waals surface area contributed by atoms with E-state index in [0.29, 0.717) is 5.69 Å². The molecular formula is C13H15NO4. The molecule has 3 rings (SSSR count). The van der Waals surface area contributed by atoms with Crippen LogP contribution in [-0.4, -0.2) is 45.2 Å². The van der Waals surface area contributed by atoms with Gasteiger partial charge < -0.3 is 25.0 Å². The van der Waals surface area contributed by atoms with Crippen molar-refractivity contribution in [2.24, 2.45) is 0 Å². The molecule has 0 radical (unpaired) electrons. The van der Waals surface area contributed by atoms with Gasteiger partial charge in [0.05, 0.1) is 6.61 Å². The summed E-state index contributed by atoms with van der Waals surface area (Å²) in [5, 5.41) is 29.7. The first-order valence-electron chi connectivity index (χ1n) is 5.91. The summed E-state index contributed by atoms with van der Waals surface area (Å²) < 4.78 is 5.47. The molecule has 4 atom stereocenters. The van der Waals surface area contributed by atoms with Crippen LogP contribution in [0.2, 0.25) is 0 Å². The molecule has 1 saturated heterocycles. The van der Waals surface area contributed by atoms with E-state index in [1.165, 1.54) is 0 Å². The number of aliphatic hydroxyl groups is 3. The third kappa shape index (κ3) is 1.72. The Kier molecular flexibility index (Phi) is 2.83. The molecule has 0 aliphatic carbocycles. The lowest BCUT2D eigenvalue weighted by Gasteiger charge is -2.12. The van der Waals surface area contributed by atoms with Crippen LogP contribution in [0, 0.1) is 0 Å². The van der Waals surface area contributed by atoms with Crippen LogP contribution in [0.15, 0.2) is 30.3 Å². The molecule has 0 bridgehead atoms. The number of benzene rings is 1. The monoisotopic (exact) mass is 249 g/mol. The molecule has 5 heteroatoms. The average molecular weight is 249 g/mol. The van der Waals surface area contributed by atoms with Crippen molar-refractivity contribution in [2.75, 3.05) is 6.61 Å². The highest BCUT2D eigenvalue weighted by atomic mass is 16.6. The molecule has 1 fully saturated rings. The van der Waals surface area contributed by atoms with Gasteiger partial charge in [-0.05, 0) is 17.5 Å². The van der Waals surface area contributed by atoms with Gasteiger partial charge in [0.1, 0.15) is 24.4 Å². The van der Waals surface area contributed by atoms with Gasteiger partial charge in [0.25, 0.3) is 0 Å². The summed E-state index contributed by atoms with van der Waals surface area (Å²) in [6, 6.07) is 9.61. The van der Waals surface area contributed by atoms with Gasteiger partial charge in [0.15, 0.2) is 0 Å². The Bertz CT molecular complexity index is 520. The molecule has 96 valence electrons. The second-order valence-electron chi connectivity index (χ2n) is 4.57. The molecule has 0 saturated carbocycles. The van der Waals surface area contributed by atoms with Gasteiger partial charge >= 0.3 is 0 Å². The summed E-state index contributed by atoms with van der Waals surface area (Å²) in [5.74, 6) is 0. The number of ether oxygens (including phenoxy) is 1. The van der Waals surface area contributed by atoms with Crippen molar-refractivity contribution in [3.05, 3.63) is 36.0 Å². The quantitative estimate of drug-likeness (QED) is 0.617. The Hall–Kier alpha value is -1.40. The SMILES string of the molecule is OC[C@H]1OC(c2cc3ccccc3[nH]2)[C@H](O)[C@@H]1O. The third-order valence-electron chi connectivity index (χ3n) is 3.40.